The molecule has 1 saturated heterocycles. The van der Waals surface area contributed by atoms with Crippen molar-refractivity contribution in [1.29, 1.82) is 0 Å². The van der Waals surface area contributed by atoms with Crippen molar-refractivity contribution in [3.05, 3.63) is 106 Å². The number of carbonyl (C=O) groups excluding carboxylic acids is 3. The molecule has 3 aromatic rings. The number of primary amides is 1. The number of fused-ring (bicyclic) bond motifs is 1. The number of ketones is 1. The predicted octanol–water partition coefficient (Wildman–Crippen LogP) is 5.31. The number of carbonyl (C=O) groups is 3. The summed E-state index contributed by atoms with van der Waals surface area (Å²) in [5.74, 6) is -0.351. The fraction of sp³-hybridized carbons (Fsp3) is 0.303. The number of rotatable bonds is 4. The van der Waals surface area contributed by atoms with E-state index in [0.717, 1.165) is 64.5 Å². The van der Waals surface area contributed by atoms with Crippen molar-refractivity contribution in [3.8, 4) is 0 Å². The highest BCUT2D eigenvalue weighted by molar-refractivity contribution is 6.06. The van der Waals surface area contributed by atoms with E-state index < -0.39 is 5.91 Å². The van der Waals surface area contributed by atoms with E-state index in [-0.39, 0.29) is 17.6 Å². The van der Waals surface area contributed by atoms with Crippen LogP contribution in [-0.2, 0) is 9.59 Å². The Balaban J connectivity index is 1.32. The predicted molar refractivity (Wildman–Crippen MR) is 152 cm³/mol. The zero-order valence-electron chi connectivity index (χ0n) is 22.2. The Kier molecular flexibility index (Phi) is 6.55. The molecule has 198 valence electrons. The van der Waals surface area contributed by atoms with E-state index in [4.69, 9.17) is 5.73 Å². The van der Waals surface area contributed by atoms with Crippen LogP contribution in [0.2, 0.25) is 0 Å². The fourth-order valence-corrected chi connectivity index (χ4v) is 6.59. The summed E-state index contributed by atoms with van der Waals surface area (Å²) >= 11 is 0. The van der Waals surface area contributed by atoms with Crippen LogP contribution in [0.15, 0.2) is 89.3 Å². The molecule has 0 spiro atoms. The van der Waals surface area contributed by atoms with Gasteiger partial charge in [0.1, 0.15) is 0 Å². The lowest BCUT2D eigenvalue weighted by atomic mass is 9.73. The van der Waals surface area contributed by atoms with Crippen LogP contribution in [0.4, 0.5) is 0 Å². The molecule has 39 heavy (non-hydrogen) atoms. The Labute approximate surface area is 228 Å². The first-order chi connectivity index (χ1) is 18.9. The van der Waals surface area contributed by atoms with Gasteiger partial charge < -0.3 is 16.0 Å². The van der Waals surface area contributed by atoms with Crippen LogP contribution < -0.4 is 11.1 Å². The minimum atomic E-state index is -0.429. The number of hydrogen-bond donors (Lipinski definition) is 2. The van der Waals surface area contributed by atoms with Crippen LogP contribution in [0.5, 0.6) is 0 Å². The zero-order valence-corrected chi connectivity index (χ0v) is 22.2. The number of nitrogens with one attached hydrogen (secondary N) is 1. The summed E-state index contributed by atoms with van der Waals surface area (Å²) < 4.78 is 0. The molecule has 1 fully saturated rings. The lowest BCUT2D eigenvalue weighted by molar-refractivity contribution is -0.128. The van der Waals surface area contributed by atoms with E-state index in [9.17, 15) is 14.4 Å². The average molecular weight is 520 g/mol. The number of Topliss-reactive ketones (excluding diaryl/α,β-unsaturated/α-hetero) is 1. The molecule has 3 aliphatic rings. The van der Waals surface area contributed by atoms with Crippen molar-refractivity contribution in [2.24, 2.45) is 5.73 Å². The molecular formula is C33H33N3O3. The molecule has 1 aliphatic carbocycles. The molecule has 0 radical (unpaired) electrons. The number of allylic oxidation sites excluding steroid dienone is 3. The molecule has 6 rings (SSSR count). The van der Waals surface area contributed by atoms with E-state index in [1.54, 1.807) is 12.1 Å². The Hall–Kier alpha value is -4.19. The molecule has 3 aromatic carbocycles. The molecule has 0 bridgehead atoms. The van der Waals surface area contributed by atoms with E-state index in [0.29, 0.717) is 36.6 Å². The van der Waals surface area contributed by atoms with E-state index >= 15 is 0 Å². The fourth-order valence-electron chi connectivity index (χ4n) is 6.59. The van der Waals surface area contributed by atoms with Crippen LogP contribution >= 0.6 is 0 Å². The highest BCUT2D eigenvalue weighted by Crippen LogP contribution is 2.45. The van der Waals surface area contributed by atoms with Crippen LogP contribution in [0, 0.1) is 0 Å². The largest absolute Gasteiger partial charge is 0.366 e. The van der Waals surface area contributed by atoms with Crippen LogP contribution in [0.1, 0.15) is 72.3 Å². The van der Waals surface area contributed by atoms with Crippen molar-refractivity contribution < 1.29 is 14.4 Å². The molecule has 1 atom stereocenters. The van der Waals surface area contributed by atoms with Gasteiger partial charge >= 0.3 is 0 Å². The Morgan fingerprint density at radius 2 is 1.64 bits per heavy atom. The summed E-state index contributed by atoms with van der Waals surface area (Å²) in [6.07, 6.45) is 3.85. The molecule has 2 heterocycles. The average Bonchev–Trinajstić information content (AvgIpc) is 2.96. The van der Waals surface area contributed by atoms with Gasteiger partial charge in [-0.25, -0.2) is 0 Å². The first-order valence-corrected chi connectivity index (χ1v) is 13.8. The summed E-state index contributed by atoms with van der Waals surface area (Å²) in [5.41, 5.74) is 11.3. The standard InChI is InChI=1S/C33H33N3O3/c1-20-29(33(39)36-18-16-22(17-19-36)21-12-14-24(15-13-21)32(34)38)30(31-27(35-20)10-5-11-28(31)37)26-9-4-7-23-6-2-3-8-25(23)26/h2-4,6-9,12-15,22,30,35H,5,10-11,16-19H2,1H3,(H2,34,38). The number of piperidine rings is 1. The van der Waals surface area contributed by atoms with Gasteiger partial charge in [0.2, 0.25) is 5.91 Å². The quantitative estimate of drug-likeness (QED) is 0.488. The first-order valence-electron chi connectivity index (χ1n) is 13.8. The summed E-state index contributed by atoms with van der Waals surface area (Å²) in [4.78, 5) is 41.0. The molecular weight excluding hydrogens is 486 g/mol. The highest BCUT2D eigenvalue weighted by atomic mass is 16.2. The van der Waals surface area contributed by atoms with E-state index in [1.807, 2.05) is 42.2 Å². The molecule has 0 aromatic heterocycles. The van der Waals surface area contributed by atoms with Gasteiger partial charge in [-0.3, -0.25) is 14.4 Å². The van der Waals surface area contributed by atoms with Gasteiger partial charge in [0, 0.05) is 53.5 Å². The Bertz CT molecular complexity index is 1540. The normalized spacial score (nSPS) is 20.2. The smallest absolute Gasteiger partial charge is 0.252 e. The molecule has 2 amide bonds. The zero-order chi connectivity index (χ0) is 27.1. The molecule has 1 unspecified atom stereocenters. The Morgan fingerprint density at radius 1 is 0.923 bits per heavy atom. The third-order valence-electron chi connectivity index (χ3n) is 8.59. The topological polar surface area (TPSA) is 92.5 Å². The molecule has 6 nitrogen and oxygen atoms in total. The van der Waals surface area contributed by atoms with Gasteiger partial charge in [-0.2, -0.15) is 0 Å². The van der Waals surface area contributed by atoms with Gasteiger partial charge in [0.25, 0.3) is 5.91 Å². The van der Waals surface area contributed by atoms with E-state index in [1.165, 1.54) is 0 Å². The number of amides is 2. The van der Waals surface area contributed by atoms with Gasteiger partial charge in [0.05, 0.1) is 0 Å². The molecule has 0 saturated carbocycles. The minimum absolute atomic E-state index is 0.00499. The summed E-state index contributed by atoms with van der Waals surface area (Å²) in [6, 6.07) is 21.9. The van der Waals surface area contributed by atoms with Crippen LogP contribution in [-0.4, -0.2) is 35.6 Å². The van der Waals surface area contributed by atoms with E-state index in [2.05, 4.69) is 29.6 Å². The molecule has 2 aliphatic heterocycles. The number of dihydropyridines is 1. The summed E-state index contributed by atoms with van der Waals surface area (Å²) in [6.45, 7) is 3.25. The number of nitrogens with two attached hydrogens (primary N) is 1. The summed E-state index contributed by atoms with van der Waals surface area (Å²) in [7, 11) is 0. The highest BCUT2D eigenvalue weighted by Gasteiger charge is 2.40. The lowest BCUT2D eigenvalue weighted by Crippen LogP contribution is -2.43. The number of benzene rings is 3. The number of hydrogen-bond acceptors (Lipinski definition) is 4. The SMILES string of the molecule is CC1=C(C(=O)N2CCC(c3ccc(C(N)=O)cc3)CC2)C(c2cccc3ccccc23)C2=C(CCCC2=O)N1. The molecule has 3 N–H and O–H groups in total. The maximum Gasteiger partial charge on any atom is 0.252 e. The maximum absolute atomic E-state index is 14.3. The molecule has 6 heteroatoms. The first kappa shape index (κ1) is 25.1. The number of nitrogens with zero attached hydrogens (tertiary/aromatic N) is 1. The van der Waals surface area contributed by atoms with Crippen LogP contribution in [0.3, 0.4) is 0 Å². The van der Waals surface area contributed by atoms with Gasteiger partial charge in [-0.15, -0.1) is 0 Å². The minimum Gasteiger partial charge on any atom is -0.366 e. The van der Waals surface area contributed by atoms with Gasteiger partial charge in [-0.05, 0) is 72.6 Å². The second-order valence-corrected chi connectivity index (χ2v) is 10.9. The second kappa shape index (κ2) is 10.2. The Morgan fingerprint density at radius 3 is 2.38 bits per heavy atom. The van der Waals surface area contributed by atoms with Crippen molar-refractivity contribution in [1.82, 2.24) is 10.2 Å². The number of likely N-dealkylation sites (tertiary alicyclic amines) is 1. The summed E-state index contributed by atoms with van der Waals surface area (Å²) in [5, 5.41) is 5.65. The maximum atomic E-state index is 14.3. The van der Waals surface area contributed by atoms with Crippen molar-refractivity contribution >= 4 is 28.4 Å². The van der Waals surface area contributed by atoms with Crippen molar-refractivity contribution in [3.63, 3.8) is 0 Å². The third-order valence-corrected chi connectivity index (χ3v) is 8.59. The van der Waals surface area contributed by atoms with Crippen molar-refractivity contribution in [2.75, 3.05) is 13.1 Å². The monoisotopic (exact) mass is 519 g/mol. The van der Waals surface area contributed by atoms with Gasteiger partial charge in [0.15, 0.2) is 5.78 Å². The van der Waals surface area contributed by atoms with Gasteiger partial charge in [-0.1, -0.05) is 54.6 Å². The van der Waals surface area contributed by atoms with Crippen LogP contribution in [0.25, 0.3) is 10.8 Å². The lowest BCUT2D eigenvalue weighted by Gasteiger charge is -2.38. The van der Waals surface area contributed by atoms with Crippen molar-refractivity contribution in [2.45, 2.75) is 50.9 Å². The third kappa shape index (κ3) is 4.54. The second-order valence-electron chi connectivity index (χ2n) is 10.9.